The molecule has 0 saturated carbocycles. The molecular formula is C13H16N4O2. The number of benzene rings is 1. The van der Waals surface area contributed by atoms with Gasteiger partial charge in [-0.25, -0.2) is 5.43 Å². The van der Waals surface area contributed by atoms with Crippen molar-refractivity contribution in [3.05, 3.63) is 35.4 Å². The number of amides is 2. The van der Waals surface area contributed by atoms with Crippen molar-refractivity contribution in [1.29, 1.82) is 0 Å². The highest BCUT2D eigenvalue weighted by atomic mass is 16.2. The fraction of sp³-hybridized carbons (Fsp3) is 0.308. The molecule has 4 N–H and O–H groups in total. The molecule has 2 rings (SSSR count). The third-order valence-electron chi connectivity index (χ3n) is 2.94. The SMILES string of the molecule is NCc1ccccc1CNC(=O)C1=NNC(=O)CC1. The van der Waals surface area contributed by atoms with Gasteiger partial charge in [0.1, 0.15) is 5.71 Å². The Balaban J connectivity index is 1.95. The van der Waals surface area contributed by atoms with Gasteiger partial charge in [-0.05, 0) is 11.1 Å². The van der Waals surface area contributed by atoms with Gasteiger partial charge in [0.15, 0.2) is 0 Å². The van der Waals surface area contributed by atoms with Crippen LogP contribution in [0.25, 0.3) is 0 Å². The van der Waals surface area contributed by atoms with Crippen LogP contribution in [0.4, 0.5) is 0 Å². The van der Waals surface area contributed by atoms with Crippen molar-refractivity contribution in [3.8, 4) is 0 Å². The summed E-state index contributed by atoms with van der Waals surface area (Å²) >= 11 is 0. The molecule has 0 aromatic heterocycles. The molecule has 0 radical (unpaired) electrons. The van der Waals surface area contributed by atoms with Gasteiger partial charge < -0.3 is 11.1 Å². The lowest BCUT2D eigenvalue weighted by molar-refractivity contribution is -0.121. The maximum atomic E-state index is 11.9. The second-order valence-corrected chi connectivity index (χ2v) is 4.25. The van der Waals surface area contributed by atoms with Gasteiger partial charge in [0.05, 0.1) is 0 Å². The molecule has 19 heavy (non-hydrogen) atoms. The van der Waals surface area contributed by atoms with E-state index in [9.17, 15) is 9.59 Å². The monoisotopic (exact) mass is 260 g/mol. The van der Waals surface area contributed by atoms with E-state index in [1.807, 2.05) is 24.3 Å². The highest BCUT2D eigenvalue weighted by Gasteiger charge is 2.17. The molecule has 2 amide bonds. The average Bonchev–Trinajstić information content (AvgIpc) is 2.45. The van der Waals surface area contributed by atoms with Crippen LogP contribution in [0.1, 0.15) is 24.0 Å². The zero-order chi connectivity index (χ0) is 13.7. The van der Waals surface area contributed by atoms with Crippen molar-refractivity contribution >= 4 is 17.5 Å². The zero-order valence-electron chi connectivity index (χ0n) is 10.5. The maximum absolute atomic E-state index is 11.9. The van der Waals surface area contributed by atoms with Crippen LogP contribution in [0, 0.1) is 0 Å². The van der Waals surface area contributed by atoms with Crippen LogP contribution in [0.2, 0.25) is 0 Å². The van der Waals surface area contributed by atoms with Crippen LogP contribution in [0.15, 0.2) is 29.4 Å². The van der Waals surface area contributed by atoms with E-state index < -0.39 is 0 Å². The smallest absolute Gasteiger partial charge is 0.267 e. The first-order chi connectivity index (χ1) is 9.20. The number of rotatable bonds is 4. The number of carbonyl (C=O) groups is 2. The minimum Gasteiger partial charge on any atom is -0.347 e. The van der Waals surface area contributed by atoms with Gasteiger partial charge in [-0.15, -0.1) is 0 Å². The topological polar surface area (TPSA) is 96.6 Å². The Kier molecular flexibility index (Phi) is 4.25. The van der Waals surface area contributed by atoms with Crippen LogP contribution in [-0.4, -0.2) is 17.5 Å². The van der Waals surface area contributed by atoms with Crippen molar-refractivity contribution in [3.63, 3.8) is 0 Å². The predicted molar refractivity (Wildman–Crippen MR) is 71.0 cm³/mol. The number of hydrogen-bond donors (Lipinski definition) is 3. The third kappa shape index (κ3) is 3.38. The first-order valence-corrected chi connectivity index (χ1v) is 6.11. The lowest BCUT2D eigenvalue weighted by Crippen LogP contribution is -2.36. The summed E-state index contributed by atoms with van der Waals surface area (Å²) < 4.78 is 0. The second kappa shape index (κ2) is 6.10. The molecular weight excluding hydrogens is 244 g/mol. The van der Waals surface area contributed by atoms with Crippen LogP contribution >= 0.6 is 0 Å². The summed E-state index contributed by atoms with van der Waals surface area (Å²) in [5.41, 5.74) is 10.3. The summed E-state index contributed by atoms with van der Waals surface area (Å²) in [7, 11) is 0. The summed E-state index contributed by atoms with van der Waals surface area (Å²) in [6.07, 6.45) is 0.668. The third-order valence-corrected chi connectivity index (χ3v) is 2.94. The number of nitrogens with one attached hydrogen (secondary N) is 2. The van der Waals surface area contributed by atoms with E-state index in [1.165, 1.54) is 0 Å². The van der Waals surface area contributed by atoms with Crippen LogP contribution in [0.5, 0.6) is 0 Å². The molecule has 1 aliphatic rings. The molecule has 0 atom stereocenters. The second-order valence-electron chi connectivity index (χ2n) is 4.25. The Morgan fingerprint density at radius 2 is 2.05 bits per heavy atom. The average molecular weight is 260 g/mol. The number of carbonyl (C=O) groups excluding carboxylic acids is 2. The molecule has 1 heterocycles. The molecule has 1 aromatic carbocycles. The van der Waals surface area contributed by atoms with Crippen molar-refractivity contribution in [2.75, 3.05) is 0 Å². The Bertz CT molecular complexity index is 525. The van der Waals surface area contributed by atoms with E-state index in [-0.39, 0.29) is 11.8 Å². The Morgan fingerprint density at radius 3 is 2.68 bits per heavy atom. The van der Waals surface area contributed by atoms with E-state index in [0.717, 1.165) is 11.1 Å². The molecule has 0 aliphatic carbocycles. The maximum Gasteiger partial charge on any atom is 0.267 e. The van der Waals surface area contributed by atoms with Crippen LogP contribution in [-0.2, 0) is 22.7 Å². The predicted octanol–water partition coefficient (Wildman–Crippen LogP) is 0.0275. The van der Waals surface area contributed by atoms with E-state index in [4.69, 9.17) is 5.73 Å². The summed E-state index contributed by atoms with van der Waals surface area (Å²) in [5, 5.41) is 6.53. The summed E-state index contributed by atoms with van der Waals surface area (Å²) in [4.78, 5) is 22.8. The molecule has 1 aromatic rings. The number of nitrogens with zero attached hydrogens (tertiary/aromatic N) is 1. The standard InChI is InChI=1S/C13H16N4O2/c14-7-9-3-1-2-4-10(9)8-15-13(19)11-5-6-12(18)17-16-11/h1-4H,5-8,14H2,(H,15,19)(H,17,18). The Hall–Kier alpha value is -2.21. The van der Waals surface area contributed by atoms with Crippen molar-refractivity contribution in [2.24, 2.45) is 10.8 Å². The molecule has 0 saturated heterocycles. The van der Waals surface area contributed by atoms with Crippen molar-refractivity contribution in [2.45, 2.75) is 25.9 Å². The minimum absolute atomic E-state index is 0.162. The summed E-state index contributed by atoms with van der Waals surface area (Å²) in [6, 6.07) is 7.67. The molecule has 1 aliphatic heterocycles. The van der Waals surface area contributed by atoms with Crippen molar-refractivity contribution < 1.29 is 9.59 Å². The van der Waals surface area contributed by atoms with Gasteiger partial charge in [0, 0.05) is 25.9 Å². The zero-order valence-corrected chi connectivity index (χ0v) is 10.5. The Labute approximate surface area is 111 Å². The number of nitrogens with two attached hydrogens (primary N) is 1. The van der Waals surface area contributed by atoms with Gasteiger partial charge in [0.25, 0.3) is 5.91 Å². The highest BCUT2D eigenvalue weighted by molar-refractivity contribution is 6.39. The fourth-order valence-electron chi connectivity index (χ4n) is 1.84. The highest BCUT2D eigenvalue weighted by Crippen LogP contribution is 2.07. The van der Waals surface area contributed by atoms with Crippen molar-refractivity contribution in [1.82, 2.24) is 10.7 Å². The van der Waals surface area contributed by atoms with E-state index >= 15 is 0 Å². The van der Waals surface area contributed by atoms with Gasteiger partial charge in [-0.2, -0.15) is 5.10 Å². The van der Waals surface area contributed by atoms with E-state index in [1.54, 1.807) is 0 Å². The summed E-state index contributed by atoms with van der Waals surface area (Å²) in [5.74, 6) is -0.420. The van der Waals surface area contributed by atoms with Gasteiger partial charge >= 0.3 is 0 Å². The fourth-order valence-corrected chi connectivity index (χ4v) is 1.84. The summed E-state index contributed by atoms with van der Waals surface area (Å²) in [6.45, 7) is 0.836. The molecule has 100 valence electrons. The Morgan fingerprint density at radius 1 is 1.32 bits per heavy atom. The lowest BCUT2D eigenvalue weighted by atomic mass is 10.1. The first-order valence-electron chi connectivity index (χ1n) is 6.11. The quantitative estimate of drug-likeness (QED) is 0.712. The number of hydrazone groups is 1. The van der Waals surface area contributed by atoms with Crippen LogP contribution in [0.3, 0.4) is 0 Å². The molecule has 0 fully saturated rings. The molecule has 0 unspecified atom stereocenters. The van der Waals surface area contributed by atoms with Gasteiger partial charge in [0.2, 0.25) is 5.91 Å². The largest absolute Gasteiger partial charge is 0.347 e. The van der Waals surface area contributed by atoms with E-state index in [2.05, 4.69) is 15.8 Å². The molecule has 6 nitrogen and oxygen atoms in total. The van der Waals surface area contributed by atoms with Gasteiger partial charge in [-0.3, -0.25) is 9.59 Å². The first kappa shape index (κ1) is 13.2. The molecule has 0 bridgehead atoms. The number of hydrogen-bond acceptors (Lipinski definition) is 4. The van der Waals surface area contributed by atoms with Crippen LogP contribution < -0.4 is 16.5 Å². The minimum atomic E-state index is -0.258. The van der Waals surface area contributed by atoms with E-state index in [0.29, 0.717) is 31.6 Å². The molecule has 0 spiro atoms. The normalized spacial score (nSPS) is 14.6. The van der Waals surface area contributed by atoms with Gasteiger partial charge in [-0.1, -0.05) is 24.3 Å². The lowest BCUT2D eigenvalue weighted by Gasteiger charge is -2.13. The molecule has 6 heteroatoms.